The Labute approximate surface area is 230 Å². The van der Waals surface area contributed by atoms with Gasteiger partial charge in [-0.15, -0.1) is 0 Å². The normalized spacial score (nSPS) is 30.5. The van der Waals surface area contributed by atoms with Gasteiger partial charge in [-0.25, -0.2) is 0 Å². The van der Waals surface area contributed by atoms with Crippen LogP contribution in [-0.2, 0) is 14.2 Å². The van der Waals surface area contributed by atoms with Gasteiger partial charge in [-0.05, 0) is 18.4 Å². The third kappa shape index (κ3) is 4.20. The molecule has 0 spiro atoms. The first-order valence-corrected chi connectivity index (χ1v) is 13.7. The van der Waals surface area contributed by atoms with Crippen LogP contribution in [0.4, 0.5) is 0 Å². The topological polar surface area (TPSA) is 166 Å². The van der Waals surface area contributed by atoms with Crippen LogP contribution in [0.3, 0.4) is 0 Å². The van der Waals surface area contributed by atoms with Gasteiger partial charge in [0.15, 0.2) is 12.1 Å². The smallest absolute Gasteiger partial charge is 0.202 e. The van der Waals surface area contributed by atoms with E-state index in [0.29, 0.717) is 39.1 Å². The summed E-state index contributed by atoms with van der Waals surface area (Å²) in [4.78, 5) is 29.1. The lowest BCUT2D eigenvalue weighted by atomic mass is 9.72. The summed E-state index contributed by atoms with van der Waals surface area (Å²) in [6.45, 7) is 4.36. The lowest BCUT2D eigenvalue weighted by Gasteiger charge is -2.43. The van der Waals surface area contributed by atoms with Crippen LogP contribution in [0.15, 0.2) is 18.2 Å². The molecule has 11 nitrogen and oxygen atoms in total. The second-order valence-corrected chi connectivity index (χ2v) is 10.9. The molecule has 2 fully saturated rings. The maximum atomic E-state index is 13.5. The highest BCUT2D eigenvalue weighted by molar-refractivity contribution is 6.31. The number of aliphatic hydroxyl groups excluding tert-OH is 2. The number of aliphatic hydroxyl groups is 2. The van der Waals surface area contributed by atoms with Crippen molar-refractivity contribution >= 4 is 11.6 Å². The van der Waals surface area contributed by atoms with Crippen molar-refractivity contribution in [3.05, 3.63) is 51.6 Å². The summed E-state index contributed by atoms with van der Waals surface area (Å²) in [6, 6.07) is 3.82. The van der Waals surface area contributed by atoms with Crippen LogP contribution < -0.4 is 0 Å². The number of ether oxygens (including phenoxy) is 3. The summed E-state index contributed by atoms with van der Waals surface area (Å²) in [5, 5.41) is 55.2. The molecule has 2 heterocycles. The monoisotopic (exact) mass is 555 g/mol. The number of phenolic OH excluding ortho intramolecular Hbond substituents is 3. The van der Waals surface area contributed by atoms with Crippen LogP contribution in [0.5, 0.6) is 17.2 Å². The molecule has 2 aliphatic carbocycles. The van der Waals surface area contributed by atoms with Crippen molar-refractivity contribution < 1.29 is 49.3 Å². The van der Waals surface area contributed by atoms with Crippen LogP contribution in [0.25, 0.3) is 0 Å². The number of morpholine rings is 1. The van der Waals surface area contributed by atoms with E-state index in [1.165, 1.54) is 18.2 Å². The molecule has 0 amide bonds. The molecule has 0 saturated carbocycles. The van der Waals surface area contributed by atoms with Crippen molar-refractivity contribution in [3.8, 4) is 17.2 Å². The number of benzene rings is 2. The predicted molar refractivity (Wildman–Crippen MR) is 138 cm³/mol. The zero-order valence-corrected chi connectivity index (χ0v) is 22.1. The number of fused-ring (bicyclic) bond motifs is 3. The molecule has 40 heavy (non-hydrogen) atoms. The number of hydrogen-bond acceptors (Lipinski definition) is 11. The highest BCUT2D eigenvalue weighted by atomic mass is 16.7. The molecule has 0 radical (unpaired) electrons. The Morgan fingerprint density at radius 3 is 2.38 bits per heavy atom. The second kappa shape index (κ2) is 10.4. The number of hydrogen-bond donors (Lipinski definition) is 5. The van der Waals surface area contributed by atoms with Crippen LogP contribution in [0, 0.1) is 5.92 Å². The molecule has 0 bridgehead atoms. The highest BCUT2D eigenvalue weighted by Gasteiger charge is 2.46. The van der Waals surface area contributed by atoms with Gasteiger partial charge in [-0.1, -0.05) is 25.5 Å². The third-order valence-corrected chi connectivity index (χ3v) is 8.76. The number of carbonyl (C=O) groups is 2. The minimum Gasteiger partial charge on any atom is -0.507 e. The van der Waals surface area contributed by atoms with Crippen molar-refractivity contribution in [3.63, 3.8) is 0 Å². The van der Waals surface area contributed by atoms with E-state index >= 15 is 0 Å². The van der Waals surface area contributed by atoms with E-state index < -0.39 is 64.5 Å². The second-order valence-electron chi connectivity index (χ2n) is 10.9. The molecule has 2 aromatic carbocycles. The van der Waals surface area contributed by atoms with Crippen LogP contribution in [0.1, 0.15) is 81.4 Å². The van der Waals surface area contributed by atoms with Crippen LogP contribution in [-0.4, -0.2) is 93.3 Å². The van der Waals surface area contributed by atoms with E-state index in [4.69, 9.17) is 14.2 Å². The number of nitrogens with zero attached hydrogens (tertiary/aromatic N) is 1. The lowest BCUT2D eigenvalue weighted by Crippen LogP contribution is -2.55. The molecule has 0 aromatic heterocycles. The Morgan fingerprint density at radius 2 is 1.65 bits per heavy atom. The van der Waals surface area contributed by atoms with Crippen LogP contribution >= 0.6 is 0 Å². The van der Waals surface area contributed by atoms with E-state index in [-0.39, 0.29) is 47.2 Å². The summed E-state index contributed by atoms with van der Waals surface area (Å²) >= 11 is 0. The Morgan fingerprint density at radius 1 is 0.950 bits per heavy atom. The van der Waals surface area contributed by atoms with Gasteiger partial charge in [0.1, 0.15) is 17.2 Å². The minimum atomic E-state index is -1.22. The van der Waals surface area contributed by atoms with Crippen LogP contribution in [0.2, 0.25) is 0 Å². The van der Waals surface area contributed by atoms with E-state index in [1.807, 2.05) is 6.92 Å². The number of phenols is 3. The van der Waals surface area contributed by atoms with Gasteiger partial charge in [0.05, 0.1) is 54.8 Å². The number of carbonyl (C=O) groups excluding carboxylic acids is 2. The molecule has 4 unspecified atom stereocenters. The molecule has 2 saturated heterocycles. The first-order valence-electron chi connectivity index (χ1n) is 13.7. The number of ketones is 2. The molecule has 2 aromatic rings. The fourth-order valence-electron chi connectivity index (χ4n) is 6.65. The van der Waals surface area contributed by atoms with Crippen molar-refractivity contribution in [2.75, 3.05) is 32.9 Å². The fraction of sp³-hybridized carbons (Fsp3) is 0.517. The average Bonchev–Trinajstić information content (AvgIpc) is 2.95. The summed E-state index contributed by atoms with van der Waals surface area (Å²) in [7, 11) is 0. The largest absolute Gasteiger partial charge is 0.507 e. The van der Waals surface area contributed by atoms with Gasteiger partial charge in [0, 0.05) is 42.2 Å². The summed E-state index contributed by atoms with van der Waals surface area (Å²) in [5.41, 5.74) is -1.22. The maximum absolute atomic E-state index is 13.5. The molecule has 2 aliphatic heterocycles. The third-order valence-electron chi connectivity index (χ3n) is 8.76. The van der Waals surface area contributed by atoms with Gasteiger partial charge in [-0.2, -0.15) is 0 Å². The Kier molecular flexibility index (Phi) is 7.06. The zero-order chi connectivity index (χ0) is 28.3. The molecule has 6 rings (SSSR count). The Bertz CT molecular complexity index is 1350. The predicted octanol–water partition coefficient (Wildman–Crippen LogP) is 1.91. The van der Waals surface area contributed by atoms with Crippen molar-refractivity contribution in [1.82, 2.24) is 4.90 Å². The van der Waals surface area contributed by atoms with Crippen molar-refractivity contribution in [1.29, 1.82) is 0 Å². The minimum absolute atomic E-state index is 0.0196. The first kappa shape index (κ1) is 27.1. The average molecular weight is 556 g/mol. The Balaban J connectivity index is 1.41. The maximum Gasteiger partial charge on any atom is 0.202 e. The molecule has 4 aliphatic rings. The summed E-state index contributed by atoms with van der Waals surface area (Å²) < 4.78 is 17.6. The van der Waals surface area contributed by atoms with Gasteiger partial charge in [0.2, 0.25) is 5.78 Å². The SMILES string of the molecule is CCC1C[C@H](OC2CC(N3CCOCC3)[C@H](O)CO2)c2c(O)c3c(c(O)c2C1O)C(=O)c1cccc(O)c1C3=O. The number of rotatable bonds is 4. The molecule has 11 heteroatoms. The highest BCUT2D eigenvalue weighted by Crippen LogP contribution is 2.55. The molecule has 6 atom stereocenters. The molecule has 214 valence electrons. The van der Waals surface area contributed by atoms with Gasteiger partial charge in [0.25, 0.3) is 0 Å². The molecular formula is C29H33NO10. The number of aromatic hydroxyl groups is 3. The molecule has 5 N–H and O–H groups in total. The van der Waals surface area contributed by atoms with E-state index in [1.54, 1.807) is 0 Å². The lowest BCUT2D eigenvalue weighted by molar-refractivity contribution is -0.234. The standard InChI is InChI=1S/C29H33NO10/c1-2-13-10-18(40-19-11-15(17(32)12-39-19)30-6-8-38-9-7-30)21-22(25(13)33)29(37)23-24(28(21)36)27(35)20-14(26(23)34)4-3-5-16(20)31/h3-5,13,15,17-19,25,31-33,36-37H,2,6-12H2,1H3/t13?,15?,17-,18+,19?,25?/m1/s1. The van der Waals surface area contributed by atoms with E-state index in [0.717, 1.165) is 0 Å². The van der Waals surface area contributed by atoms with E-state index in [2.05, 4.69) is 4.90 Å². The van der Waals surface area contributed by atoms with Gasteiger partial charge in [-0.3, -0.25) is 14.5 Å². The zero-order valence-electron chi connectivity index (χ0n) is 22.1. The fourth-order valence-corrected chi connectivity index (χ4v) is 6.65. The summed E-state index contributed by atoms with van der Waals surface area (Å²) in [6.07, 6.45) is -2.50. The van der Waals surface area contributed by atoms with E-state index in [9.17, 15) is 35.1 Å². The van der Waals surface area contributed by atoms with Gasteiger partial charge >= 0.3 is 0 Å². The summed E-state index contributed by atoms with van der Waals surface area (Å²) in [5.74, 6) is -3.50. The Hall–Kier alpha value is -3.06. The quantitative estimate of drug-likeness (QED) is 0.299. The van der Waals surface area contributed by atoms with Crippen molar-refractivity contribution in [2.45, 2.75) is 56.8 Å². The first-order chi connectivity index (χ1) is 19.2. The van der Waals surface area contributed by atoms with Crippen molar-refractivity contribution in [2.24, 2.45) is 5.92 Å². The van der Waals surface area contributed by atoms with Gasteiger partial charge < -0.3 is 39.7 Å². The molecular weight excluding hydrogens is 522 g/mol.